The van der Waals surface area contributed by atoms with Gasteiger partial charge in [-0.3, -0.25) is 28.8 Å². The molecular formula is C28H45N7O8. The van der Waals surface area contributed by atoms with Crippen molar-refractivity contribution >= 4 is 35.5 Å². The van der Waals surface area contributed by atoms with Gasteiger partial charge in [0.25, 0.3) is 0 Å². The summed E-state index contributed by atoms with van der Waals surface area (Å²) in [6, 6.07) is 0.955. The molecule has 0 unspecified atom stereocenters. The highest BCUT2D eigenvalue weighted by Gasteiger charge is 2.28. The number of rotatable bonds is 18. The molecule has 5 amide bonds. The van der Waals surface area contributed by atoms with Gasteiger partial charge in [-0.25, -0.2) is 0 Å². The van der Waals surface area contributed by atoms with Crippen LogP contribution in [0.3, 0.4) is 0 Å². The highest BCUT2D eigenvalue weighted by molar-refractivity contribution is 5.95. The molecule has 43 heavy (non-hydrogen) atoms. The largest absolute Gasteiger partial charge is 0.508 e. The Labute approximate surface area is 250 Å². The summed E-state index contributed by atoms with van der Waals surface area (Å²) in [6.07, 6.45) is 1.55. The van der Waals surface area contributed by atoms with Crippen LogP contribution in [0.4, 0.5) is 0 Å². The minimum Gasteiger partial charge on any atom is -0.508 e. The number of phenols is 1. The predicted molar refractivity (Wildman–Crippen MR) is 157 cm³/mol. The fraction of sp³-hybridized carbons (Fsp3) is 0.571. The third-order valence-corrected chi connectivity index (χ3v) is 6.48. The van der Waals surface area contributed by atoms with Crippen molar-refractivity contribution in [2.24, 2.45) is 17.4 Å². The Balaban J connectivity index is 2.72. The molecule has 0 fully saturated rings. The number of carbonyl (C=O) groups excluding carboxylic acids is 5. The normalized spacial score (nSPS) is 14.4. The van der Waals surface area contributed by atoms with E-state index in [2.05, 4.69) is 26.6 Å². The Kier molecular flexibility index (Phi) is 15.7. The molecule has 0 spiro atoms. The summed E-state index contributed by atoms with van der Waals surface area (Å²) in [7, 11) is 0. The number of aliphatic carboxylic acids is 1. The first kappa shape index (κ1) is 36.8. The average Bonchev–Trinajstić information content (AvgIpc) is 2.94. The van der Waals surface area contributed by atoms with Crippen LogP contribution >= 0.6 is 0 Å². The van der Waals surface area contributed by atoms with Gasteiger partial charge in [-0.15, -0.1) is 0 Å². The van der Waals surface area contributed by atoms with Crippen molar-refractivity contribution in [1.29, 1.82) is 0 Å². The first-order chi connectivity index (χ1) is 20.2. The Morgan fingerprint density at radius 3 is 1.95 bits per heavy atom. The molecule has 1 aromatic carbocycles. The van der Waals surface area contributed by atoms with Crippen LogP contribution in [0.15, 0.2) is 24.3 Å². The predicted octanol–water partition coefficient (Wildman–Crippen LogP) is -1.77. The summed E-state index contributed by atoms with van der Waals surface area (Å²) in [5, 5.41) is 30.7. The Bertz CT molecular complexity index is 1110. The second kappa shape index (κ2) is 18.3. The quantitative estimate of drug-likeness (QED) is 0.0848. The van der Waals surface area contributed by atoms with Crippen molar-refractivity contribution in [1.82, 2.24) is 26.6 Å². The number of phenolic OH excluding ortho intramolecular Hbond substituents is 1. The van der Waals surface area contributed by atoms with E-state index >= 15 is 0 Å². The molecule has 240 valence electrons. The molecule has 0 saturated heterocycles. The van der Waals surface area contributed by atoms with Crippen LogP contribution in [0.2, 0.25) is 0 Å². The van der Waals surface area contributed by atoms with Gasteiger partial charge in [0.1, 0.15) is 29.9 Å². The van der Waals surface area contributed by atoms with E-state index in [1.165, 1.54) is 26.0 Å². The van der Waals surface area contributed by atoms with Crippen LogP contribution < -0.4 is 38.1 Å². The fourth-order valence-corrected chi connectivity index (χ4v) is 3.84. The van der Waals surface area contributed by atoms with Crippen LogP contribution in [0.1, 0.15) is 52.5 Å². The number of nitrogens with two attached hydrogens (primary N) is 2. The van der Waals surface area contributed by atoms with E-state index in [1.54, 1.807) is 26.0 Å². The molecule has 1 aromatic rings. The molecule has 0 saturated carbocycles. The van der Waals surface area contributed by atoms with Crippen molar-refractivity contribution in [2.75, 3.05) is 13.1 Å². The van der Waals surface area contributed by atoms with E-state index < -0.39 is 72.3 Å². The highest BCUT2D eigenvalue weighted by Crippen LogP contribution is 2.11. The summed E-state index contributed by atoms with van der Waals surface area (Å²) in [5.74, 6) is -4.80. The second-order valence-corrected chi connectivity index (χ2v) is 10.6. The van der Waals surface area contributed by atoms with Gasteiger partial charge in [0.05, 0.1) is 12.6 Å². The number of hydrogen-bond acceptors (Lipinski definition) is 9. The lowest BCUT2D eigenvalue weighted by molar-refractivity contribution is -0.142. The summed E-state index contributed by atoms with van der Waals surface area (Å²) in [5.41, 5.74) is 12.3. The summed E-state index contributed by atoms with van der Waals surface area (Å²) >= 11 is 0. The molecule has 11 N–H and O–H groups in total. The van der Waals surface area contributed by atoms with Crippen molar-refractivity contribution in [3.05, 3.63) is 29.8 Å². The number of benzene rings is 1. The standard InChI is InChI=1S/C28H45N7O8/c1-15(2)23(27(41)33-17(4)28(42)43)35-22(37)14-31-24(38)16(3)32-26(40)21(7-5-6-12-29)34-25(39)20(30)13-18-8-10-19(36)11-9-18/h8-11,15-17,20-21,23,36H,5-7,12-14,29-30H2,1-4H3,(H,31,38)(H,32,40)(H,33,41)(H,34,39)(H,35,37)(H,42,43)/t16-,17-,20-,21-,23-/m0/s1. The number of carbonyl (C=O) groups is 6. The van der Waals surface area contributed by atoms with E-state index in [9.17, 15) is 33.9 Å². The van der Waals surface area contributed by atoms with E-state index in [1.807, 2.05) is 0 Å². The zero-order chi connectivity index (χ0) is 32.7. The summed E-state index contributed by atoms with van der Waals surface area (Å²) in [6.45, 7) is 5.90. The fourth-order valence-electron chi connectivity index (χ4n) is 3.84. The Morgan fingerprint density at radius 1 is 0.791 bits per heavy atom. The van der Waals surface area contributed by atoms with Crippen molar-refractivity contribution in [2.45, 2.75) is 83.6 Å². The van der Waals surface area contributed by atoms with Gasteiger partial charge in [0, 0.05) is 0 Å². The number of carboxylic acid groups (broad SMARTS) is 1. The maximum atomic E-state index is 13.0. The van der Waals surface area contributed by atoms with Crippen LogP contribution in [-0.2, 0) is 35.2 Å². The van der Waals surface area contributed by atoms with Gasteiger partial charge in [-0.2, -0.15) is 0 Å². The topological polar surface area (TPSA) is 255 Å². The zero-order valence-electron chi connectivity index (χ0n) is 25.0. The molecular weight excluding hydrogens is 562 g/mol. The number of amides is 5. The minimum atomic E-state index is -1.23. The number of nitrogens with one attached hydrogen (secondary N) is 5. The third kappa shape index (κ3) is 13.5. The van der Waals surface area contributed by atoms with Gasteiger partial charge in [-0.05, 0) is 69.7 Å². The maximum Gasteiger partial charge on any atom is 0.325 e. The summed E-state index contributed by atoms with van der Waals surface area (Å²) < 4.78 is 0. The van der Waals surface area contributed by atoms with E-state index in [0.29, 0.717) is 24.9 Å². The zero-order valence-corrected chi connectivity index (χ0v) is 25.0. The van der Waals surface area contributed by atoms with Gasteiger partial charge in [0.15, 0.2) is 0 Å². The average molecular weight is 608 g/mol. The van der Waals surface area contributed by atoms with Gasteiger partial charge in [-0.1, -0.05) is 26.0 Å². The first-order valence-corrected chi connectivity index (χ1v) is 14.1. The van der Waals surface area contributed by atoms with E-state index in [0.717, 1.165) is 0 Å². The first-order valence-electron chi connectivity index (χ1n) is 14.1. The summed E-state index contributed by atoms with van der Waals surface area (Å²) in [4.78, 5) is 74.2. The lowest BCUT2D eigenvalue weighted by atomic mass is 10.0. The van der Waals surface area contributed by atoms with Gasteiger partial charge in [0.2, 0.25) is 29.5 Å². The number of carboxylic acids is 1. The smallest absolute Gasteiger partial charge is 0.325 e. The number of hydrogen-bond donors (Lipinski definition) is 9. The molecule has 5 atom stereocenters. The Hall–Kier alpha value is -4.24. The molecule has 0 bridgehead atoms. The van der Waals surface area contributed by atoms with Gasteiger partial charge < -0.3 is 48.3 Å². The van der Waals surface area contributed by atoms with Crippen LogP contribution in [0.5, 0.6) is 5.75 Å². The lowest BCUT2D eigenvalue weighted by Gasteiger charge is -2.24. The highest BCUT2D eigenvalue weighted by atomic mass is 16.4. The minimum absolute atomic E-state index is 0.0759. The molecule has 0 aliphatic rings. The van der Waals surface area contributed by atoms with Crippen LogP contribution in [0.25, 0.3) is 0 Å². The maximum absolute atomic E-state index is 13.0. The second-order valence-electron chi connectivity index (χ2n) is 10.6. The van der Waals surface area contributed by atoms with E-state index in [4.69, 9.17) is 16.6 Å². The molecule has 0 heterocycles. The molecule has 1 rings (SSSR count). The molecule has 15 nitrogen and oxygen atoms in total. The molecule has 0 radical (unpaired) electrons. The number of aromatic hydroxyl groups is 1. The van der Waals surface area contributed by atoms with Crippen molar-refractivity contribution < 1.29 is 39.0 Å². The monoisotopic (exact) mass is 607 g/mol. The van der Waals surface area contributed by atoms with Crippen LogP contribution in [-0.4, -0.2) is 89.0 Å². The van der Waals surface area contributed by atoms with Crippen molar-refractivity contribution in [3.8, 4) is 5.75 Å². The molecule has 0 aromatic heterocycles. The Morgan fingerprint density at radius 2 is 1.40 bits per heavy atom. The third-order valence-electron chi connectivity index (χ3n) is 6.48. The number of unbranched alkanes of at least 4 members (excludes halogenated alkanes) is 1. The molecule has 0 aliphatic heterocycles. The van der Waals surface area contributed by atoms with Crippen molar-refractivity contribution in [3.63, 3.8) is 0 Å². The van der Waals surface area contributed by atoms with E-state index in [-0.39, 0.29) is 24.5 Å². The molecule has 15 heteroatoms. The lowest BCUT2D eigenvalue weighted by Crippen LogP contribution is -2.56. The van der Waals surface area contributed by atoms with Crippen LogP contribution in [0, 0.1) is 5.92 Å². The molecule has 0 aliphatic carbocycles. The SMILES string of the molecule is CC(C)[C@H](NC(=O)CNC(=O)[C@H](C)NC(=O)[C@H](CCCCN)NC(=O)[C@@H](N)Cc1ccc(O)cc1)C(=O)N[C@@H](C)C(=O)O. The van der Waals surface area contributed by atoms with Gasteiger partial charge >= 0.3 is 5.97 Å².